The highest BCUT2D eigenvalue weighted by atomic mass is 32.2. The number of carbonyl (C=O) groups is 2. The third-order valence-corrected chi connectivity index (χ3v) is 4.86. The summed E-state index contributed by atoms with van der Waals surface area (Å²) in [6, 6.07) is 0.332. The van der Waals surface area contributed by atoms with Crippen molar-refractivity contribution in [3.8, 4) is 0 Å². The molecule has 2 amide bonds. The number of carbonyl (C=O) groups excluding carboxylic acids is 2. The summed E-state index contributed by atoms with van der Waals surface area (Å²) in [6.07, 6.45) is 7.31. The Kier molecular flexibility index (Phi) is 4.31. The van der Waals surface area contributed by atoms with Crippen molar-refractivity contribution in [2.75, 3.05) is 19.3 Å². The molecule has 2 unspecified atom stereocenters. The maximum Gasteiger partial charge on any atom is 0.242 e. The lowest BCUT2D eigenvalue weighted by Gasteiger charge is -2.38. The molecule has 1 saturated heterocycles. The Labute approximate surface area is 106 Å². The summed E-state index contributed by atoms with van der Waals surface area (Å²) in [5.41, 5.74) is 0. The molecule has 96 valence electrons. The van der Waals surface area contributed by atoms with Gasteiger partial charge in [-0.2, -0.15) is 11.8 Å². The van der Waals surface area contributed by atoms with Gasteiger partial charge in [0.25, 0.3) is 0 Å². The first-order chi connectivity index (χ1) is 8.22. The number of nitrogens with zero attached hydrogens (tertiary/aromatic N) is 1. The maximum atomic E-state index is 12.0. The second-order valence-corrected chi connectivity index (χ2v) is 5.82. The highest BCUT2D eigenvalue weighted by Gasteiger charge is 2.33. The number of hydrogen-bond acceptors (Lipinski definition) is 3. The van der Waals surface area contributed by atoms with E-state index in [1.54, 1.807) is 0 Å². The van der Waals surface area contributed by atoms with Crippen LogP contribution in [0.2, 0.25) is 0 Å². The van der Waals surface area contributed by atoms with Gasteiger partial charge in [0.15, 0.2) is 0 Å². The van der Waals surface area contributed by atoms with Gasteiger partial charge in [-0.15, -0.1) is 0 Å². The van der Waals surface area contributed by atoms with Crippen LogP contribution in [0.3, 0.4) is 0 Å². The minimum Gasteiger partial charge on any atom is -0.347 e. The molecule has 5 heteroatoms. The van der Waals surface area contributed by atoms with E-state index in [-0.39, 0.29) is 18.4 Å². The Bertz CT molecular complexity index is 309. The molecule has 2 aliphatic rings. The topological polar surface area (TPSA) is 49.4 Å². The van der Waals surface area contributed by atoms with E-state index >= 15 is 0 Å². The number of rotatable bonds is 2. The molecule has 0 aromatic rings. The first kappa shape index (κ1) is 12.7. The number of hydrogen-bond donors (Lipinski definition) is 1. The van der Waals surface area contributed by atoms with Crippen LogP contribution < -0.4 is 5.32 Å². The highest BCUT2D eigenvalue weighted by molar-refractivity contribution is 7.99. The van der Waals surface area contributed by atoms with Gasteiger partial charge in [-0.3, -0.25) is 9.59 Å². The summed E-state index contributed by atoms with van der Waals surface area (Å²) in [6.45, 7) is 0.767. The smallest absolute Gasteiger partial charge is 0.242 e. The molecule has 0 spiro atoms. The standard InChI is InChI=1S/C12H20N2O2S/c1-17-10-5-3-2-4-9(10)14-7-6-11(15)13-8-12(14)16/h9-10H,2-8H2,1H3,(H,13,15). The van der Waals surface area contributed by atoms with Crippen molar-refractivity contribution >= 4 is 23.6 Å². The van der Waals surface area contributed by atoms with Crippen LogP contribution in [0.5, 0.6) is 0 Å². The second-order valence-electron chi connectivity index (χ2n) is 4.74. The lowest BCUT2D eigenvalue weighted by atomic mass is 9.93. The molecule has 17 heavy (non-hydrogen) atoms. The van der Waals surface area contributed by atoms with Crippen LogP contribution in [0.15, 0.2) is 0 Å². The fraction of sp³-hybridized carbons (Fsp3) is 0.833. The summed E-state index contributed by atoms with van der Waals surface area (Å²) >= 11 is 1.86. The van der Waals surface area contributed by atoms with E-state index in [0.29, 0.717) is 24.3 Å². The van der Waals surface area contributed by atoms with E-state index in [9.17, 15) is 9.59 Å². The molecule has 1 saturated carbocycles. The molecule has 2 rings (SSSR count). The molecule has 0 aromatic heterocycles. The SMILES string of the molecule is CSC1CCCCC1N1CCC(=O)NCC1=O. The summed E-state index contributed by atoms with van der Waals surface area (Å²) in [5, 5.41) is 3.20. The molecule has 4 nitrogen and oxygen atoms in total. The van der Waals surface area contributed by atoms with E-state index in [2.05, 4.69) is 11.6 Å². The zero-order chi connectivity index (χ0) is 12.3. The molecule has 1 aliphatic carbocycles. The third kappa shape index (κ3) is 2.94. The lowest BCUT2D eigenvalue weighted by Crippen LogP contribution is -2.48. The van der Waals surface area contributed by atoms with Crippen molar-refractivity contribution in [2.45, 2.75) is 43.4 Å². The van der Waals surface area contributed by atoms with Gasteiger partial charge in [0.05, 0.1) is 6.54 Å². The van der Waals surface area contributed by atoms with Crippen LogP contribution >= 0.6 is 11.8 Å². The van der Waals surface area contributed by atoms with Gasteiger partial charge < -0.3 is 10.2 Å². The first-order valence-corrected chi connectivity index (χ1v) is 7.60. The zero-order valence-corrected chi connectivity index (χ0v) is 11.1. The van der Waals surface area contributed by atoms with Gasteiger partial charge in [0, 0.05) is 24.3 Å². The first-order valence-electron chi connectivity index (χ1n) is 6.31. The normalized spacial score (nSPS) is 31.0. The Morgan fingerprint density at radius 3 is 2.82 bits per heavy atom. The Balaban J connectivity index is 2.07. The predicted octanol–water partition coefficient (Wildman–Crippen LogP) is 1.01. The van der Waals surface area contributed by atoms with Crippen molar-refractivity contribution in [3.63, 3.8) is 0 Å². The number of amides is 2. The second kappa shape index (κ2) is 5.76. The van der Waals surface area contributed by atoms with Crippen LogP contribution in [0, 0.1) is 0 Å². The molecule has 1 aliphatic heterocycles. The van der Waals surface area contributed by atoms with Gasteiger partial charge in [-0.1, -0.05) is 12.8 Å². The third-order valence-electron chi connectivity index (χ3n) is 3.71. The van der Waals surface area contributed by atoms with E-state index in [4.69, 9.17) is 0 Å². The van der Waals surface area contributed by atoms with E-state index in [0.717, 1.165) is 6.42 Å². The summed E-state index contributed by atoms with van der Waals surface area (Å²) in [4.78, 5) is 25.3. The van der Waals surface area contributed by atoms with Gasteiger partial charge in [0.2, 0.25) is 11.8 Å². The summed E-state index contributed by atoms with van der Waals surface area (Å²) in [5.74, 6) is 0.0826. The highest BCUT2D eigenvalue weighted by Crippen LogP contribution is 2.31. The number of nitrogens with one attached hydrogen (secondary N) is 1. The van der Waals surface area contributed by atoms with Crippen molar-refractivity contribution in [3.05, 3.63) is 0 Å². The molecule has 0 aromatic carbocycles. The molecule has 0 radical (unpaired) electrons. The zero-order valence-electron chi connectivity index (χ0n) is 10.3. The predicted molar refractivity (Wildman–Crippen MR) is 68.9 cm³/mol. The fourth-order valence-corrected chi connectivity index (χ4v) is 3.77. The molecule has 2 fully saturated rings. The van der Waals surface area contributed by atoms with Crippen LogP contribution in [-0.2, 0) is 9.59 Å². The van der Waals surface area contributed by atoms with Crippen LogP contribution in [0.25, 0.3) is 0 Å². The molecular formula is C12H20N2O2S. The van der Waals surface area contributed by atoms with Crippen LogP contribution in [0.4, 0.5) is 0 Å². The van der Waals surface area contributed by atoms with Crippen molar-refractivity contribution in [1.29, 1.82) is 0 Å². The maximum absolute atomic E-state index is 12.0. The fourth-order valence-electron chi connectivity index (χ4n) is 2.77. The summed E-state index contributed by atoms with van der Waals surface area (Å²) in [7, 11) is 0. The summed E-state index contributed by atoms with van der Waals surface area (Å²) < 4.78 is 0. The Morgan fingerprint density at radius 2 is 2.06 bits per heavy atom. The quantitative estimate of drug-likeness (QED) is 0.802. The van der Waals surface area contributed by atoms with Crippen LogP contribution in [0.1, 0.15) is 32.1 Å². The van der Waals surface area contributed by atoms with E-state index in [1.807, 2.05) is 16.7 Å². The minimum atomic E-state index is -0.00244. The molecular weight excluding hydrogens is 236 g/mol. The molecule has 0 bridgehead atoms. The van der Waals surface area contributed by atoms with Crippen molar-refractivity contribution in [2.24, 2.45) is 0 Å². The Hall–Kier alpha value is -0.710. The van der Waals surface area contributed by atoms with Gasteiger partial charge in [-0.05, 0) is 19.1 Å². The minimum absolute atomic E-state index is 0.00244. The average Bonchev–Trinajstić information content (AvgIpc) is 2.52. The largest absolute Gasteiger partial charge is 0.347 e. The lowest BCUT2D eigenvalue weighted by molar-refractivity contribution is -0.132. The number of thioether (sulfide) groups is 1. The van der Waals surface area contributed by atoms with Gasteiger partial charge in [0.1, 0.15) is 0 Å². The van der Waals surface area contributed by atoms with Gasteiger partial charge >= 0.3 is 0 Å². The molecule has 1 N–H and O–H groups in total. The van der Waals surface area contributed by atoms with Crippen LogP contribution in [-0.4, -0.2) is 47.4 Å². The molecule has 1 heterocycles. The van der Waals surface area contributed by atoms with E-state index in [1.165, 1.54) is 19.3 Å². The average molecular weight is 256 g/mol. The van der Waals surface area contributed by atoms with E-state index < -0.39 is 0 Å². The van der Waals surface area contributed by atoms with Gasteiger partial charge in [-0.25, -0.2) is 0 Å². The monoisotopic (exact) mass is 256 g/mol. The van der Waals surface area contributed by atoms with Crippen molar-refractivity contribution in [1.82, 2.24) is 10.2 Å². The van der Waals surface area contributed by atoms with Crippen molar-refractivity contribution < 1.29 is 9.59 Å². The Morgan fingerprint density at radius 1 is 1.29 bits per heavy atom. The molecule has 2 atom stereocenters.